The molecule has 4 heteroatoms. The smallest absolute Gasteiger partial charge is 0.326 e. The van der Waals surface area contributed by atoms with Crippen LogP contribution in [-0.2, 0) is 13.5 Å². The molecule has 0 saturated heterocycles. The molecule has 0 amide bonds. The standard InChI is InChI=1S/C19H22N2O2/c1-19(2,3)11-14-8-13(12-6-5-7-15(22)9-12)10-16-17(14)20-18(23)21(16)4/h5-10,22H,11H2,1-4H3,(H,20,23). The summed E-state index contributed by atoms with van der Waals surface area (Å²) in [4.78, 5) is 15.0. The number of aromatic hydroxyl groups is 1. The van der Waals surface area contributed by atoms with Gasteiger partial charge in [0, 0.05) is 7.05 Å². The first-order valence-electron chi connectivity index (χ1n) is 7.76. The van der Waals surface area contributed by atoms with Gasteiger partial charge < -0.3 is 10.1 Å². The van der Waals surface area contributed by atoms with Gasteiger partial charge in [-0.05, 0) is 52.8 Å². The zero-order valence-electron chi connectivity index (χ0n) is 14.0. The van der Waals surface area contributed by atoms with Gasteiger partial charge >= 0.3 is 5.69 Å². The highest BCUT2D eigenvalue weighted by Gasteiger charge is 2.17. The summed E-state index contributed by atoms with van der Waals surface area (Å²) in [6, 6.07) is 11.3. The van der Waals surface area contributed by atoms with E-state index in [-0.39, 0.29) is 16.9 Å². The van der Waals surface area contributed by atoms with E-state index in [1.54, 1.807) is 23.7 Å². The van der Waals surface area contributed by atoms with Crippen LogP contribution in [-0.4, -0.2) is 14.7 Å². The Bertz CT molecular complexity index is 927. The van der Waals surface area contributed by atoms with Crippen molar-refractivity contribution < 1.29 is 5.11 Å². The summed E-state index contributed by atoms with van der Waals surface area (Å²) in [5.41, 5.74) is 4.84. The van der Waals surface area contributed by atoms with Crippen molar-refractivity contribution >= 4 is 11.0 Å². The van der Waals surface area contributed by atoms with Crippen molar-refractivity contribution in [3.63, 3.8) is 0 Å². The molecule has 23 heavy (non-hydrogen) atoms. The number of nitrogens with zero attached hydrogens (tertiary/aromatic N) is 1. The van der Waals surface area contributed by atoms with Crippen LogP contribution in [0.4, 0.5) is 0 Å². The first kappa shape index (κ1) is 15.4. The first-order valence-corrected chi connectivity index (χ1v) is 7.76. The van der Waals surface area contributed by atoms with E-state index in [2.05, 4.69) is 31.8 Å². The number of imidazole rings is 1. The predicted octanol–water partition coefficient (Wildman–Crippen LogP) is 3.83. The average Bonchev–Trinajstić information content (AvgIpc) is 2.74. The molecule has 120 valence electrons. The zero-order chi connectivity index (χ0) is 16.8. The molecule has 2 N–H and O–H groups in total. The SMILES string of the molecule is Cn1c(=O)[nH]c2c(CC(C)(C)C)cc(-c3cccc(O)c3)cc21. The molecule has 2 aromatic carbocycles. The van der Waals surface area contributed by atoms with Gasteiger partial charge in [-0.1, -0.05) is 32.9 Å². The summed E-state index contributed by atoms with van der Waals surface area (Å²) in [7, 11) is 1.77. The van der Waals surface area contributed by atoms with Crippen molar-refractivity contribution in [3.8, 4) is 16.9 Å². The Morgan fingerprint density at radius 1 is 1.13 bits per heavy atom. The molecule has 0 atom stereocenters. The third-order valence-electron chi connectivity index (χ3n) is 4.00. The Morgan fingerprint density at radius 2 is 1.87 bits per heavy atom. The van der Waals surface area contributed by atoms with Gasteiger partial charge in [0.25, 0.3) is 0 Å². The average molecular weight is 310 g/mol. The van der Waals surface area contributed by atoms with Gasteiger partial charge in [-0.3, -0.25) is 4.57 Å². The number of hydrogen-bond donors (Lipinski definition) is 2. The second-order valence-corrected chi connectivity index (χ2v) is 7.31. The third-order valence-corrected chi connectivity index (χ3v) is 4.00. The van der Waals surface area contributed by atoms with Crippen LogP contribution in [0, 0.1) is 5.41 Å². The summed E-state index contributed by atoms with van der Waals surface area (Å²) in [5, 5.41) is 9.74. The van der Waals surface area contributed by atoms with Crippen LogP contribution in [0.3, 0.4) is 0 Å². The molecule has 0 saturated carbocycles. The van der Waals surface area contributed by atoms with Gasteiger partial charge in [-0.2, -0.15) is 0 Å². The summed E-state index contributed by atoms with van der Waals surface area (Å²) >= 11 is 0. The molecule has 0 aliphatic heterocycles. The topological polar surface area (TPSA) is 58.0 Å². The third kappa shape index (κ3) is 3.02. The van der Waals surface area contributed by atoms with Crippen molar-refractivity contribution in [2.75, 3.05) is 0 Å². The van der Waals surface area contributed by atoms with Gasteiger partial charge in [0.1, 0.15) is 5.75 Å². The lowest BCUT2D eigenvalue weighted by Crippen LogP contribution is -2.11. The molecule has 1 heterocycles. The second-order valence-electron chi connectivity index (χ2n) is 7.31. The second kappa shape index (κ2) is 5.30. The molecule has 4 nitrogen and oxygen atoms in total. The van der Waals surface area contributed by atoms with Crippen LogP contribution in [0.2, 0.25) is 0 Å². The summed E-state index contributed by atoms with van der Waals surface area (Å²) < 4.78 is 1.63. The fourth-order valence-corrected chi connectivity index (χ4v) is 2.96. The number of aryl methyl sites for hydroxylation is 1. The molecule has 0 spiro atoms. The zero-order valence-corrected chi connectivity index (χ0v) is 14.0. The fourth-order valence-electron chi connectivity index (χ4n) is 2.96. The van der Waals surface area contributed by atoms with Crippen LogP contribution < -0.4 is 5.69 Å². The molecule has 0 bridgehead atoms. The number of benzene rings is 2. The summed E-state index contributed by atoms with van der Waals surface area (Å²) in [6.45, 7) is 6.54. The highest BCUT2D eigenvalue weighted by molar-refractivity contribution is 5.85. The van der Waals surface area contributed by atoms with Gasteiger partial charge in [0.05, 0.1) is 11.0 Å². The number of fused-ring (bicyclic) bond motifs is 1. The maximum absolute atomic E-state index is 12.0. The number of H-pyrrole nitrogens is 1. The van der Waals surface area contributed by atoms with E-state index in [1.807, 2.05) is 18.2 Å². The van der Waals surface area contributed by atoms with E-state index < -0.39 is 0 Å². The maximum Gasteiger partial charge on any atom is 0.326 e. The first-order chi connectivity index (χ1) is 10.7. The Labute approximate surface area is 135 Å². The number of aromatic amines is 1. The Morgan fingerprint density at radius 3 is 2.52 bits per heavy atom. The maximum atomic E-state index is 12.0. The summed E-state index contributed by atoms with van der Waals surface area (Å²) in [6.07, 6.45) is 0.857. The van der Waals surface area contributed by atoms with Crippen molar-refractivity contribution in [2.24, 2.45) is 12.5 Å². The van der Waals surface area contributed by atoms with E-state index in [1.165, 1.54) is 0 Å². The van der Waals surface area contributed by atoms with E-state index in [0.717, 1.165) is 34.1 Å². The van der Waals surface area contributed by atoms with E-state index in [9.17, 15) is 9.90 Å². The lowest BCUT2D eigenvalue weighted by molar-refractivity contribution is 0.412. The van der Waals surface area contributed by atoms with Crippen LogP contribution in [0.15, 0.2) is 41.2 Å². The molecular weight excluding hydrogens is 288 g/mol. The van der Waals surface area contributed by atoms with Crippen molar-refractivity contribution in [1.29, 1.82) is 0 Å². The molecule has 0 unspecified atom stereocenters. The minimum atomic E-state index is -0.108. The monoisotopic (exact) mass is 310 g/mol. The molecule has 0 radical (unpaired) electrons. The fraction of sp³-hybridized carbons (Fsp3) is 0.316. The van der Waals surface area contributed by atoms with Gasteiger partial charge in [0.15, 0.2) is 0 Å². The highest BCUT2D eigenvalue weighted by Crippen LogP contribution is 2.31. The Kier molecular flexibility index (Phi) is 3.55. The van der Waals surface area contributed by atoms with E-state index >= 15 is 0 Å². The number of nitrogens with one attached hydrogen (secondary N) is 1. The van der Waals surface area contributed by atoms with Crippen LogP contribution >= 0.6 is 0 Å². The normalized spacial score (nSPS) is 12.0. The number of hydrogen-bond acceptors (Lipinski definition) is 2. The number of phenols is 1. The van der Waals surface area contributed by atoms with Crippen molar-refractivity contribution in [1.82, 2.24) is 9.55 Å². The molecular formula is C19H22N2O2. The van der Waals surface area contributed by atoms with E-state index in [4.69, 9.17) is 0 Å². The Balaban J connectivity index is 2.28. The van der Waals surface area contributed by atoms with Crippen LogP contribution in [0.25, 0.3) is 22.2 Å². The lowest BCUT2D eigenvalue weighted by atomic mass is 9.86. The number of aromatic nitrogens is 2. The molecule has 0 fully saturated rings. The predicted molar refractivity (Wildman–Crippen MR) is 93.8 cm³/mol. The highest BCUT2D eigenvalue weighted by atomic mass is 16.3. The number of phenolic OH excluding ortho intramolecular Hbond substituents is 1. The van der Waals surface area contributed by atoms with Crippen LogP contribution in [0.1, 0.15) is 26.3 Å². The molecule has 0 aliphatic carbocycles. The molecule has 3 aromatic rings. The van der Waals surface area contributed by atoms with Crippen molar-refractivity contribution in [2.45, 2.75) is 27.2 Å². The largest absolute Gasteiger partial charge is 0.508 e. The minimum absolute atomic E-state index is 0.108. The minimum Gasteiger partial charge on any atom is -0.508 e. The molecule has 1 aromatic heterocycles. The van der Waals surface area contributed by atoms with Gasteiger partial charge in [-0.25, -0.2) is 4.79 Å². The lowest BCUT2D eigenvalue weighted by Gasteiger charge is -2.19. The quantitative estimate of drug-likeness (QED) is 0.756. The molecule has 0 aliphatic rings. The van der Waals surface area contributed by atoms with Gasteiger partial charge in [0.2, 0.25) is 0 Å². The summed E-state index contributed by atoms with van der Waals surface area (Å²) in [5.74, 6) is 0.239. The Hall–Kier alpha value is -2.49. The van der Waals surface area contributed by atoms with Crippen molar-refractivity contribution in [3.05, 3.63) is 52.4 Å². The van der Waals surface area contributed by atoms with Crippen LogP contribution in [0.5, 0.6) is 5.75 Å². The van der Waals surface area contributed by atoms with Gasteiger partial charge in [-0.15, -0.1) is 0 Å². The number of rotatable bonds is 2. The van der Waals surface area contributed by atoms with E-state index in [0.29, 0.717) is 0 Å². The molecule has 3 rings (SSSR count).